The largest absolute Gasteiger partial charge is 0.390 e. The van der Waals surface area contributed by atoms with Crippen LogP contribution in [0.15, 0.2) is 0 Å². The maximum Gasteiger partial charge on any atom is 0.185 e. The highest BCUT2D eigenvalue weighted by Crippen LogP contribution is 2.42. The molecule has 0 amide bonds. The number of hydrogen-bond donors (Lipinski definition) is 2. The first-order chi connectivity index (χ1) is 11.9. The third-order valence-corrected chi connectivity index (χ3v) is 5.31. The minimum absolute atomic E-state index is 0.0248. The Morgan fingerprint density at radius 3 is 1.96 bits per heavy atom. The third kappa shape index (κ3) is 5.01. The van der Waals surface area contributed by atoms with E-state index >= 15 is 0 Å². The Bertz CT molecular complexity index is 522. The number of Topliss-reactive ketones (excluding diaryl/α,β-unsaturated/α-hetero) is 3. The number of aliphatic hydroxyl groups excluding tert-OH is 1. The number of ketones is 3. The summed E-state index contributed by atoms with van der Waals surface area (Å²) in [6.07, 6.45) is 0.618. The Labute approximate surface area is 157 Å². The van der Waals surface area contributed by atoms with Crippen LogP contribution in [-0.4, -0.2) is 39.3 Å². The number of hydrogen-bond acceptors (Lipinski definition) is 5. The van der Waals surface area contributed by atoms with E-state index in [2.05, 4.69) is 0 Å². The van der Waals surface area contributed by atoms with E-state index in [1.54, 1.807) is 0 Å². The molecule has 1 fully saturated rings. The summed E-state index contributed by atoms with van der Waals surface area (Å²) in [6.45, 7) is 11.7. The predicted octanol–water partition coefficient (Wildman–Crippen LogP) is 2.95. The second-order valence-corrected chi connectivity index (χ2v) is 9.10. The molecule has 0 heterocycles. The Morgan fingerprint density at radius 1 is 0.962 bits per heavy atom. The summed E-state index contributed by atoms with van der Waals surface area (Å²) in [5, 5.41) is 21.8. The van der Waals surface area contributed by atoms with E-state index in [0.29, 0.717) is 31.1 Å². The van der Waals surface area contributed by atoms with Crippen molar-refractivity contribution in [3.8, 4) is 0 Å². The molecule has 5 nitrogen and oxygen atoms in total. The van der Waals surface area contributed by atoms with Gasteiger partial charge in [-0.2, -0.15) is 0 Å². The first-order valence-corrected chi connectivity index (χ1v) is 9.94. The van der Waals surface area contributed by atoms with Crippen LogP contribution in [0.1, 0.15) is 73.6 Å². The van der Waals surface area contributed by atoms with Gasteiger partial charge in [0.05, 0.1) is 12.0 Å². The van der Waals surface area contributed by atoms with Gasteiger partial charge in [-0.15, -0.1) is 0 Å². The van der Waals surface area contributed by atoms with Gasteiger partial charge >= 0.3 is 0 Å². The lowest BCUT2D eigenvalue weighted by molar-refractivity contribution is -0.157. The minimum Gasteiger partial charge on any atom is -0.390 e. The molecule has 1 rings (SSSR count). The summed E-state index contributed by atoms with van der Waals surface area (Å²) in [4.78, 5) is 38.3. The van der Waals surface area contributed by atoms with Crippen molar-refractivity contribution in [3.05, 3.63) is 0 Å². The van der Waals surface area contributed by atoms with Crippen LogP contribution in [0.5, 0.6) is 0 Å². The summed E-state index contributed by atoms with van der Waals surface area (Å²) in [7, 11) is 0. The fraction of sp³-hybridized carbons (Fsp3) is 0.857. The van der Waals surface area contributed by atoms with Gasteiger partial charge in [-0.25, -0.2) is 0 Å². The van der Waals surface area contributed by atoms with E-state index in [-0.39, 0.29) is 18.8 Å². The number of rotatable bonds is 10. The average Bonchev–Trinajstić information content (AvgIpc) is 2.69. The van der Waals surface area contributed by atoms with Gasteiger partial charge in [-0.3, -0.25) is 14.4 Å². The van der Waals surface area contributed by atoms with Crippen LogP contribution in [0.25, 0.3) is 0 Å². The van der Waals surface area contributed by atoms with Crippen molar-refractivity contribution in [2.24, 2.45) is 29.6 Å². The van der Waals surface area contributed by atoms with Gasteiger partial charge in [0, 0.05) is 6.42 Å². The highest BCUT2D eigenvalue weighted by atomic mass is 16.4. The molecule has 2 N–H and O–H groups in total. The Morgan fingerprint density at radius 2 is 1.50 bits per heavy atom. The fourth-order valence-corrected chi connectivity index (χ4v) is 3.75. The first-order valence-electron chi connectivity index (χ1n) is 9.94. The first kappa shape index (κ1) is 23.0. The molecule has 0 aromatic carbocycles. The van der Waals surface area contributed by atoms with Crippen LogP contribution in [0.2, 0.25) is 0 Å². The molecule has 0 saturated heterocycles. The van der Waals surface area contributed by atoms with Crippen molar-refractivity contribution < 1.29 is 24.6 Å². The standard InChI is InChI=1S/C21H36O5/c1-12(2)7-9-15-19(24)18(16(22)11-14(5)6)20(25)21(15,26)17(23)10-8-13(3)4/h12-15,17-18,23,26H,7-11H2,1-6H3/t15-,17-,18?,21+/m0/s1. The molecule has 0 spiro atoms. The molecule has 150 valence electrons. The van der Waals surface area contributed by atoms with Crippen molar-refractivity contribution in [3.63, 3.8) is 0 Å². The molecule has 1 aliphatic rings. The highest BCUT2D eigenvalue weighted by molar-refractivity contribution is 6.27. The van der Waals surface area contributed by atoms with E-state index in [0.717, 1.165) is 0 Å². The molecular weight excluding hydrogens is 332 g/mol. The monoisotopic (exact) mass is 368 g/mol. The van der Waals surface area contributed by atoms with E-state index in [4.69, 9.17) is 0 Å². The maximum absolute atomic E-state index is 13.0. The Kier molecular flexibility index (Phi) is 8.15. The van der Waals surface area contributed by atoms with Crippen LogP contribution in [0.4, 0.5) is 0 Å². The van der Waals surface area contributed by atoms with Crippen LogP contribution >= 0.6 is 0 Å². The molecular formula is C21H36O5. The Balaban J connectivity index is 3.17. The van der Waals surface area contributed by atoms with Crippen LogP contribution in [-0.2, 0) is 14.4 Å². The van der Waals surface area contributed by atoms with Crippen molar-refractivity contribution in [1.29, 1.82) is 0 Å². The normalized spacial score (nSPS) is 27.8. The van der Waals surface area contributed by atoms with Gasteiger partial charge < -0.3 is 10.2 Å². The van der Waals surface area contributed by atoms with Crippen molar-refractivity contribution >= 4 is 17.3 Å². The molecule has 0 radical (unpaired) electrons. The number of carbonyl (C=O) groups is 3. The maximum atomic E-state index is 13.0. The lowest BCUT2D eigenvalue weighted by Crippen LogP contribution is -2.52. The molecule has 5 heteroatoms. The third-order valence-electron chi connectivity index (χ3n) is 5.31. The highest BCUT2D eigenvalue weighted by Gasteiger charge is 2.63. The molecule has 1 unspecified atom stereocenters. The molecule has 1 aliphatic carbocycles. The smallest absolute Gasteiger partial charge is 0.185 e. The van der Waals surface area contributed by atoms with Crippen molar-refractivity contribution in [2.75, 3.05) is 0 Å². The summed E-state index contributed by atoms with van der Waals surface area (Å²) < 4.78 is 0. The second kappa shape index (κ2) is 9.23. The topological polar surface area (TPSA) is 91.7 Å². The van der Waals surface area contributed by atoms with E-state index < -0.39 is 40.9 Å². The molecule has 26 heavy (non-hydrogen) atoms. The zero-order valence-electron chi connectivity index (χ0n) is 17.1. The van der Waals surface area contributed by atoms with E-state index in [1.165, 1.54) is 0 Å². The van der Waals surface area contributed by atoms with Gasteiger partial charge in [0.25, 0.3) is 0 Å². The molecule has 0 aliphatic heterocycles. The lowest BCUT2D eigenvalue weighted by Gasteiger charge is -2.33. The SMILES string of the molecule is CC(C)CC[C@H](O)[C@@]1(O)C(=O)C(C(=O)CC(C)C)C(=O)[C@@H]1CCC(C)C. The zero-order chi connectivity index (χ0) is 20.2. The summed E-state index contributed by atoms with van der Waals surface area (Å²) in [5.41, 5.74) is -2.14. The Hall–Kier alpha value is -1.07. The quantitative estimate of drug-likeness (QED) is 0.579. The number of aliphatic hydroxyl groups is 2. The van der Waals surface area contributed by atoms with E-state index in [1.807, 2.05) is 41.5 Å². The van der Waals surface area contributed by atoms with Gasteiger partial charge in [-0.1, -0.05) is 48.0 Å². The van der Waals surface area contributed by atoms with Crippen LogP contribution in [0.3, 0.4) is 0 Å². The summed E-state index contributed by atoms with van der Waals surface area (Å²) in [6, 6.07) is 0. The zero-order valence-corrected chi connectivity index (χ0v) is 17.1. The minimum atomic E-state index is -2.14. The summed E-state index contributed by atoms with van der Waals surface area (Å²) in [5.74, 6) is -3.54. The molecule has 1 saturated carbocycles. The molecule has 0 bridgehead atoms. The lowest BCUT2D eigenvalue weighted by atomic mass is 9.78. The van der Waals surface area contributed by atoms with Crippen molar-refractivity contribution in [2.45, 2.75) is 85.4 Å². The molecule has 0 aromatic rings. The predicted molar refractivity (Wildman–Crippen MR) is 101 cm³/mol. The number of carbonyl (C=O) groups excluding carboxylic acids is 3. The van der Waals surface area contributed by atoms with Gasteiger partial charge in [0.15, 0.2) is 23.0 Å². The fourth-order valence-electron chi connectivity index (χ4n) is 3.75. The van der Waals surface area contributed by atoms with E-state index in [9.17, 15) is 24.6 Å². The van der Waals surface area contributed by atoms with Crippen LogP contribution < -0.4 is 0 Å². The van der Waals surface area contributed by atoms with Crippen LogP contribution in [0, 0.1) is 29.6 Å². The average molecular weight is 369 g/mol. The summed E-state index contributed by atoms with van der Waals surface area (Å²) >= 11 is 0. The second-order valence-electron chi connectivity index (χ2n) is 9.10. The van der Waals surface area contributed by atoms with Crippen molar-refractivity contribution in [1.82, 2.24) is 0 Å². The van der Waals surface area contributed by atoms with Gasteiger partial charge in [0.2, 0.25) is 0 Å². The van der Waals surface area contributed by atoms with Gasteiger partial charge in [0.1, 0.15) is 5.92 Å². The molecule has 0 aromatic heterocycles. The van der Waals surface area contributed by atoms with Gasteiger partial charge in [-0.05, 0) is 37.0 Å². The molecule has 4 atom stereocenters.